The minimum Gasteiger partial charge on any atom is -0.342 e. The van der Waals surface area contributed by atoms with E-state index in [4.69, 9.17) is 4.52 Å². The van der Waals surface area contributed by atoms with Crippen LogP contribution in [0.4, 0.5) is 5.69 Å². The molecule has 0 aliphatic heterocycles. The lowest BCUT2D eigenvalue weighted by Crippen LogP contribution is -2.08. The Kier molecular flexibility index (Phi) is 3.51. The smallest absolute Gasteiger partial charge is 0.223 e. The molecule has 98 valence electrons. The normalized spacial score (nSPS) is 11.3. The SMILES string of the molecule is c1ccc(N/N=C(/c2ccccc2)c2ncon2)cc1. The van der Waals surface area contributed by atoms with E-state index in [-0.39, 0.29) is 0 Å². The molecule has 0 fully saturated rings. The predicted molar refractivity (Wildman–Crippen MR) is 76.4 cm³/mol. The maximum Gasteiger partial charge on any atom is 0.223 e. The Morgan fingerprint density at radius 1 is 0.950 bits per heavy atom. The summed E-state index contributed by atoms with van der Waals surface area (Å²) in [4.78, 5) is 4.06. The van der Waals surface area contributed by atoms with Crippen LogP contribution in [0.5, 0.6) is 0 Å². The molecule has 0 atom stereocenters. The third-order valence-electron chi connectivity index (χ3n) is 2.69. The summed E-state index contributed by atoms with van der Waals surface area (Å²) < 4.78 is 4.80. The van der Waals surface area contributed by atoms with Crippen LogP contribution < -0.4 is 5.43 Å². The highest BCUT2D eigenvalue weighted by Gasteiger charge is 2.11. The first-order valence-corrected chi connectivity index (χ1v) is 6.14. The fraction of sp³-hybridized carbons (Fsp3) is 0. The molecule has 3 rings (SSSR count). The maximum atomic E-state index is 4.80. The van der Waals surface area contributed by atoms with Crippen molar-refractivity contribution >= 4 is 11.4 Å². The Labute approximate surface area is 116 Å². The molecule has 20 heavy (non-hydrogen) atoms. The quantitative estimate of drug-likeness (QED) is 0.581. The lowest BCUT2D eigenvalue weighted by Gasteiger charge is -2.04. The van der Waals surface area contributed by atoms with E-state index in [2.05, 4.69) is 20.7 Å². The predicted octanol–water partition coefficient (Wildman–Crippen LogP) is 2.93. The first-order valence-electron chi connectivity index (χ1n) is 6.14. The van der Waals surface area contributed by atoms with Crippen LogP contribution in [0, 0.1) is 0 Å². The first kappa shape index (κ1) is 12.1. The Hall–Kier alpha value is -2.95. The van der Waals surface area contributed by atoms with Gasteiger partial charge in [0.25, 0.3) is 0 Å². The molecular weight excluding hydrogens is 252 g/mol. The molecule has 0 bridgehead atoms. The summed E-state index contributed by atoms with van der Waals surface area (Å²) in [5, 5.41) is 8.24. The molecule has 1 aromatic heterocycles. The number of anilines is 1. The van der Waals surface area contributed by atoms with Crippen LogP contribution in [-0.2, 0) is 0 Å². The van der Waals surface area contributed by atoms with Gasteiger partial charge in [0, 0.05) is 5.56 Å². The second-order valence-electron chi connectivity index (χ2n) is 4.06. The molecule has 0 aliphatic carbocycles. The van der Waals surface area contributed by atoms with Crippen LogP contribution in [-0.4, -0.2) is 15.9 Å². The van der Waals surface area contributed by atoms with Gasteiger partial charge in [-0.3, -0.25) is 5.43 Å². The van der Waals surface area contributed by atoms with E-state index in [1.165, 1.54) is 6.39 Å². The summed E-state index contributed by atoms with van der Waals surface area (Å²) in [6.45, 7) is 0. The van der Waals surface area contributed by atoms with Crippen molar-refractivity contribution in [3.05, 3.63) is 78.4 Å². The number of aromatic nitrogens is 2. The molecule has 5 nitrogen and oxygen atoms in total. The Balaban J connectivity index is 1.94. The zero-order valence-electron chi connectivity index (χ0n) is 10.6. The second-order valence-corrected chi connectivity index (χ2v) is 4.06. The van der Waals surface area contributed by atoms with Crippen molar-refractivity contribution in [1.82, 2.24) is 10.1 Å². The minimum atomic E-state index is 0.444. The number of rotatable bonds is 4. The number of benzene rings is 2. The molecule has 0 amide bonds. The number of nitrogens with one attached hydrogen (secondary N) is 1. The lowest BCUT2D eigenvalue weighted by atomic mass is 10.1. The van der Waals surface area contributed by atoms with Crippen molar-refractivity contribution in [2.24, 2.45) is 5.10 Å². The number of hydrazone groups is 1. The van der Waals surface area contributed by atoms with Crippen LogP contribution in [0.3, 0.4) is 0 Å². The maximum absolute atomic E-state index is 4.80. The Morgan fingerprint density at radius 3 is 2.30 bits per heavy atom. The third kappa shape index (κ3) is 2.72. The molecule has 0 saturated carbocycles. The van der Waals surface area contributed by atoms with Crippen LogP contribution in [0.1, 0.15) is 11.4 Å². The second kappa shape index (κ2) is 5.79. The van der Waals surface area contributed by atoms with E-state index in [1.807, 2.05) is 60.7 Å². The molecule has 0 spiro atoms. The third-order valence-corrected chi connectivity index (χ3v) is 2.69. The largest absolute Gasteiger partial charge is 0.342 e. The fourth-order valence-corrected chi connectivity index (χ4v) is 1.75. The Bertz CT molecular complexity index is 678. The van der Waals surface area contributed by atoms with E-state index in [9.17, 15) is 0 Å². The standard InChI is InChI=1S/C15H12N4O/c1-3-7-12(8-4-1)14(15-16-11-20-19-15)18-17-13-9-5-2-6-10-13/h1-11,17H/b18-14-. The number of para-hydroxylation sites is 1. The average molecular weight is 264 g/mol. The highest BCUT2D eigenvalue weighted by molar-refractivity contribution is 6.10. The highest BCUT2D eigenvalue weighted by Crippen LogP contribution is 2.10. The fourth-order valence-electron chi connectivity index (χ4n) is 1.75. The van der Waals surface area contributed by atoms with Crippen LogP contribution in [0.2, 0.25) is 0 Å². The van der Waals surface area contributed by atoms with Gasteiger partial charge in [-0.05, 0) is 12.1 Å². The molecule has 5 heteroatoms. The molecule has 2 aromatic carbocycles. The molecule has 1 N–H and O–H groups in total. The van der Waals surface area contributed by atoms with Gasteiger partial charge in [-0.2, -0.15) is 10.1 Å². The molecule has 0 aliphatic rings. The van der Waals surface area contributed by atoms with E-state index in [0.717, 1.165) is 11.3 Å². The molecule has 0 radical (unpaired) electrons. The van der Waals surface area contributed by atoms with Crippen molar-refractivity contribution in [2.45, 2.75) is 0 Å². The van der Waals surface area contributed by atoms with Gasteiger partial charge in [-0.1, -0.05) is 53.7 Å². The van der Waals surface area contributed by atoms with Gasteiger partial charge in [0.05, 0.1) is 5.69 Å². The molecule has 0 saturated heterocycles. The van der Waals surface area contributed by atoms with Crippen LogP contribution >= 0.6 is 0 Å². The zero-order chi connectivity index (χ0) is 13.6. The monoisotopic (exact) mass is 264 g/mol. The van der Waals surface area contributed by atoms with E-state index in [0.29, 0.717) is 11.5 Å². The van der Waals surface area contributed by atoms with Gasteiger partial charge in [-0.15, -0.1) is 0 Å². The van der Waals surface area contributed by atoms with Gasteiger partial charge < -0.3 is 4.52 Å². The highest BCUT2D eigenvalue weighted by atomic mass is 16.5. The van der Waals surface area contributed by atoms with Gasteiger partial charge in [0.1, 0.15) is 5.71 Å². The molecule has 3 aromatic rings. The first-order chi connectivity index (χ1) is 9.93. The average Bonchev–Trinajstić information content (AvgIpc) is 3.04. The van der Waals surface area contributed by atoms with Gasteiger partial charge in [-0.25, -0.2) is 0 Å². The summed E-state index contributed by atoms with van der Waals surface area (Å²) in [6.07, 6.45) is 1.29. The number of hydrogen-bond acceptors (Lipinski definition) is 5. The van der Waals surface area contributed by atoms with Gasteiger partial charge in [0.15, 0.2) is 0 Å². The number of nitrogens with zero attached hydrogens (tertiary/aromatic N) is 3. The summed E-state index contributed by atoms with van der Waals surface area (Å²) >= 11 is 0. The number of hydrogen-bond donors (Lipinski definition) is 1. The van der Waals surface area contributed by atoms with E-state index >= 15 is 0 Å². The van der Waals surface area contributed by atoms with Crippen molar-refractivity contribution in [1.29, 1.82) is 0 Å². The lowest BCUT2D eigenvalue weighted by molar-refractivity contribution is 0.415. The van der Waals surface area contributed by atoms with E-state index in [1.54, 1.807) is 0 Å². The van der Waals surface area contributed by atoms with Crippen molar-refractivity contribution in [3.63, 3.8) is 0 Å². The van der Waals surface area contributed by atoms with Crippen molar-refractivity contribution < 1.29 is 4.52 Å². The summed E-state index contributed by atoms with van der Waals surface area (Å²) in [7, 11) is 0. The topological polar surface area (TPSA) is 63.3 Å². The summed E-state index contributed by atoms with van der Waals surface area (Å²) in [5.74, 6) is 0.444. The molecular formula is C15H12N4O. The Morgan fingerprint density at radius 2 is 1.65 bits per heavy atom. The molecule has 0 unspecified atom stereocenters. The van der Waals surface area contributed by atoms with Crippen LogP contribution in [0.15, 0.2) is 76.7 Å². The van der Waals surface area contributed by atoms with Crippen LogP contribution in [0.25, 0.3) is 0 Å². The van der Waals surface area contributed by atoms with Gasteiger partial charge in [0.2, 0.25) is 12.2 Å². The van der Waals surface area contributed by atoms with Crippen molar-refractivity contribution in [2.75, 3.05) is 5.43 Å². The van der Waals surface area contributed by atoms with Crippen molar-refractivity contribution in [3.8, 4) is 0 Å². The molecule has 1 heterocycles. The van der Waals surface area contributed by atoms with Gasteiger partial charge >= 0.3 is 0 Å². The van der Waals surface area contributed by atoms with E-state index < -0.39 is 0 Å². The summed E-state index contributed by atoms with van der Waals surface area (Å²) in [5.41, 5.74) is 5.43. The minimum absolute atomic E-state index is 0.444. The summed E-state index contributed by atoms with van der Waals surface area (Å²) in [6, 6.07) is 19.4. The zero-order valence-corrected chi connectivity index (χ0v) is 10.6.